The van der Waals surface area contributed by atoms with Crippen LogP contribution < -0.4 is 0 Å². The molecule has 1 aliphatic rings. The van der Waals surface area contributed by atoms with Gasteiger partial charge >= 0.3 is 0 Å². The average Bonchev–Trinajstić information content (AvgIpc) is 2.61. The minimum Gasteiger partial charge on any atom is -0.446 e. The van der Waals surface area contributed by atoms with Crippen LogP contribution in [-0.2, 0) is 4.74 Å². The number of aliphatic imine (C=N–C) groups is 1. The van der Waals surface area contributed by atoms with Crippen LogP contribution in [0.15, 0.2) is 64.3 Å². The van der Waals surface area contributed by atoms with Crippen molar-refractivity contribution in [2.45, 2.75) is 0 Å². The normalized spacial score (nSPS) is 13.3. The lowest BCUT2D eigenvalue weighted by Gasteiger charge is -2.04. The van der Waals surface area contributed by atoms with Gasteiger partial charge in [-0.3, -0.25) is 0 Å². The lowest BCUT2D eigenvalue weighted by Crippen LogP contribution is -2.00. The van der Waals surface area contributed by atoms with Gasteiger partial charge in [-0.1, -0.05) is 34.1 Å². The molecule has 2 nitrogen and oxygen atoms in total. The summed E-state index contributed by atoms with van der Waals surface area (Å²) in [5.41, 5.74) is 2.92. The molecule has 2 aromatic carbocycles. The van der Waals surface area contributed by atoms with E-state index in [-0.39, 0.29) is 0 Å². The van der Waals surface area contributed by atoms with Crippen molar-refractivity contribution in [3.8, 4) is 0 Å². The van der Waals surface area contributed by atoms with Gasteiger partial charge in [-0.2, -0.15) is 0 Å². The van der Waals surface area contributed by atoms with E-state index in [4.69, 9.17) is 4.74 Å². The number of halogens is 1. The van der Waals surface area contributed by atoms with Crippen LogP contribution >= 0.6 is 15.9 Å². The second-order valence-electron chi connectivity index (χ2n) is 3.91. The van der Waals surface area contributed by atoms with Crippen LogP contribution in [0, 0.1) is 0 Å². The molecule has 0 spiro atoms. The molecule has 0 bridgehead atoms. The highest BCUT2D eigenvalue weighted by atomic mass is 79.9. The van der Waals surface area contributed by atoms with Gasteiger partial charge in [-0.25, -0.2) is 4.99 Å². The number of nitrogens with zero attached hydrogens (tertiary/aromatic N) is 1. The van der Waals surface area contributed by atoms with Gasteiger partial charge in [0.2, 0.25) is 5.90 Å². The van der Waals surface area contributed by atoms with Gasteiger partial charge in [-0.15, -0.1) is 0 Å². The first-order chi connectivity index (χ1) is 8.83. The maximum Gasteiger partial charge on any atom is 0.226 e. The lowest BCUT2D eigenvalue weighted by atomic mass is 10.2. The largest absolute Gasteiger partial charge is 0.446 e. The molecule has 1 heterocycles. The zero-order chi connectivity index (χ0) is 12.4. The molecule has 18 heavy (non-hydrogen) atoms. The van der Waals surface area contributed by atoms with E-state index < -0.39 is 0 Å². The van der Waals surface area contributed by atoms with E-state index in [0.717, 1.165) is 21.3 Å². The first kappa shape index (κ1) is 11.2. The highest BCUT2D eigenvalue weighted by Gasteiger charge is 2.09. The van der Waals surface area contributed by atoms with Crippen LogP contribution in [0.5, 0.6) is 0 Å². The third-order valence-electron chi connectivity index (χ3n) is 2.66. The Morgan fingerprint density at radius 1 is 1.00 bits per heavy atom. The SMILES string of the molecule is Brc1ccc2c(c1)C=COC(c1ccccc1)=N2. The summed E-state index contributed by atoms with van der Waals surface area (Å²) in [5, 5.41) is 0. The van der Waals surface area contributed by atoms with Crippen molar-refractivity contribution >= 4 is 33.6 Å². The topological polar surface area (TPSA) is 21.6 Å². The van der Waals surface area contributed by atoms with Gasteiger partial charge in [0, 0.05) is 15.6 Å². The molecular weight excluding hydrogens is 290 g/mol. The Morgan fingerprint density at radius 3 is 2.67 bits per heavy atom. The van der Waals surface area contributed by atoms with Crippen molar-refractivity contribution in [1.29, 1.82) is 0 Å². The minimum atomic E-state index is 0.618. The summed E-state index contributed by atoms with van der Waals surface area (Å²) < 4.78 is 6.60. The van der Waals surface area contributed by atoms with Gasteiger partial charge in [0.25, 0.3) is 0 Å². The molecule has 1 aliphatic heterocycles. The summed E-state index contributed by atoms with van der Waals surface area (Å²) in [6.07, 6.45) is 3.59. The maximum atomic E-state index is 5.57. The molecule has 0 saturated carbocycles. The fraction of sp³-hybridized carbons (Fsp3) is 0. The van der Waals surface area contributed by atoms with E-state index >= 15 is 0 Å². The van der Waals surface area contributed by atoms with Crippen molar-refractivity contribution in [2.75, 3.05) is 0 Å². The molecule has 3 rings (SSSR count). The average molecular weight is 300 g/mol. The molecule has 88 valence electrons. The van der Waals surface area contributed by atoms with Crippen LogP contribution in [0.3, 0.4) is 0 Å². The Morgan fingerprint density at radius 2 is 1.83 bits per heavy atom. The van der Waals surface area contributed by atoms with Crippen molar-refractivity contribution in [3.63, 3.8) is 0 Å². The van der Waals surface area contributed by atoms with Crippen LogP contribution in [0.25, 0.3) is 6.08 Å². The van der Waals surface area contributed by atoms with Crippen molar-refractivity contribution in [1.82, 2.24) is 0 Å². The van der Waals surface area contributed by atoms with E-state index in [0.29, 0.717) is 5.90 Å². The third kappa shape index (κ3) is 2.22. The molecule has 0 aromatic heterocycles. The van der Waals surface area contributed by atoms with Gasteiger partial charge in [-0.05, 0) is 36.4 Å². The lowest BCUT2D eigenvalue weighted by molar-refractivity contribution is 0.479. The number of hydrogen-bond donors (Lipinski definition) is 0. The molecule has 0 amide bonds. The summed E-state index contributed by atoms with van der Waals surface area (Å²) >= 11 is 3.45. The van der Waals surface area contributed by atoms with Crippen LogP contribution in [-0.4, -0.2) is 5.90 Å². The highest BCUT2D eigenvalue weighted by Crippen LogP contribution is 2.27. The predicted octanol–water partition coefficient (Wildman–Crippen LogP) is 4.53. The van der Waals surface area contributed by atoms with Gasteiger partial charge < -0.3 is 4.74 Å². The fourth-order valence-corrected chi connectivity index (χ4v) is 2.16. The predicted molar refractivity (Wildman–Crippen MR) is 76.9 cm³/mol. The zero-order valence-corrected chi connectivity index (χ0v) is 11.1. The Balaban J connectivity index is 2.09. The molecule has 0 aliphatic carbocycles. The second kappa shape index (κ2) is 4.78. The van der Waals surface area contributed by atoms with E-state index in [1.54, 1.807) is 6.26 Å². The summed E-state index contributed by atoms with van der Waals surface area (Å²) in [6.45, 7) is 0. The monoisotopic (exact) mass is 299 g/mol. The molecule has 0 unspecified atom stereocenters. The standard InChI is InChI=1S/C15H10BrNO/c16-13-6-7-14-12(10-13)8-9-18-15(17-14)11-4-2-1-3-5-11/h1-10H. The molecule has 3 heteroatoms. The maximum absolute atomic E-state index is 5.57. The minimum absolute atomic E-state index is 0.618. The van der Waals surface area contributed by atoms with Gasteiger partial charge in [0.05, 0.1) is 11.9 Å². The number of rotatable bonds is 1. The highest BCUT2D eigenvalue weighted by molar-refractivity contribution is 9.10. The number of fused-ring (bicyclic) bond motifs is 1. The summed E-state index contributed by atoms with van der Waals surface area (Å²) in [5.74, 6) is 0.618. The van der Waals surface area contributed by atoms with E-state index in [1.807, 2.05) is 54.6 Å². The molecule has 0 radical (unpaired) electrons. The fourth-order valence-electron chi connectivity index (χ4n) is 1.78. The molecule has 2 aromatic rings. The van der Waals surface area contributed by atoms with E-state index in [9.17, 15) is 0 Å². The van der Waals surface area contributed by atoms with Crippen LogP contribution in [0.4, 0.5) is 5.69 Å². The van der Waals surface area contributed by atoms with Crippen molar-refractivity contribution in [3.05, 3.63) is 70.4 Å². The molecule has 0 saturated heterocycles. The summed E-state index contributed by atoms with van der Waals surface area (Å²) in [6, 6.07) is 15.9. The molecule has 0 fully saturated rings. The van der Waals surface area contributed by atoms with E-state index in [1.165, 1.54) is 0 Å². The molecular formula is C15H10BrNO. The first-order valence-electron chi connectivity index (χ1n) is 5.60. The van der Waals surface area contributed by atoms with Gasteiger partial charge in [0.1, 0.15) is 0 Å². The van der Waals surface area contributed by atoms with Crippen molar-refractivity contribution in [2.24, 2.45) is 4.99 Å². The zero-order valence-electron chi connectivity index (χ0n) is 9.51. The first-order valence-corrected chi connectivity index (χ1v) is 6.39. The summed E-state index contributed by atoms with van der Waals surface area (Å²) in [4.78, 5) is 4.56. The van der Waals surface area contributed by atoms with Crippen LogP contribution in [0.2, 0.25) is 0 Å². The molecule has 0 N–H and O–H groups in total. The Labute approximate surface area is 114 Å². The summed E-state index contributed by atoms with van der Waals surface area (Å²) in [7, 11) is 0. The smallest absolute Gasteiger partial charge is 0.226 e. The second-order valence-corrected chi connectivity index (χ2v) is 4.82. The van der Waals surface area contributed by atoms with Crippen molar-refractivity contribution < 1.29 is 4.74 Å². The van der Waals surface area contributed by atoms with Crippen LogP contribution in [0.1, 0.15) is 11.1 Å². The quantitative estimate of drug-likeness (QED) is 0.758. The number of hydrogen-bond acceptors (Lipinski definition) is 2. The third-order valence-corrected chi connectivity index (χ3v) is 3.15. The number of benzene rings is 2. The van der Waals surface area contributed by atoms with Gasteiger partial charge in [0.15, 0.2) is 0 Å². The number of ether oxygens (including phenoxy) is 1. The Kier molecular flexibility index (Phi) is 2.99. The molecule has 0 atom stereocenters. The van der Waals surface area contributed by atoms with E-state index in [2.05, 4.69) is 20.9 Å². The Bertz CT molecular complexity index is 632. The Hall–Kier alpha value is -1.87.